The third-order valence-corrected chi connectivity index (χ3v) is 6.33. The quantitative estimate of drug-likeness (QED) is 0.387. The topological polar surface area (TPSA) is 114 Å². The number of rotatable bonds is 6. The van der Waals surface area contributed by atoms with E-state index in [4.69, 9.17) is 32.0 Å². The zero-order chi connectivity index (χ0) is 24.4. The van der Waals surface area contributed by atoms with Crippen LogP contribution in [-0.4, -0.2) is 46.7 Å². The van der Waals surface area contributed by atoms with Gasteiger partial charge in [0.1, 0.15) is 5.58 Å². The molecule has 0 atom stereocenters. The van der Waals surface area contributed by atoms with Crippen LogP contribution in [0.25, 0.3) is 22.4 Å². The van der Waals surface area contributed by atoms with Gasteiger partial charge in [0.05, 0.1) is 0 Å². The number of fused-ring (bicyclic) bond motifs is 1. The standard InChI is InChI=1S/C24H21Cl2N5O4/c25-17-3-1-15(2-4-17)23-28-29-24(35-23)22(33)27-13-14-7-9-31(10-8-14)30-21(32)20-12-16-11-18(26)5-6-19(16)34-20/h1-6,11-12,14H,7-10,13H2,(H,27,33)(H,30,32). The minimum Gasteiger partial charge on any atom is -0.451 e. The zero-order valence-electron chi connectivity index (χ0n) is 18.5. The van der Waals surface area contributed by atoms with Gasteiger partial charge in [0, 0.05) is 40.6 Å². The number of carbonyl (C=O) groups is 2. The number of nitrogens with one attached hydrogen (secondary N) is 2. The van der Waals surface area contributed by atoms with Gasteiger partial charge in [-0.2, -0.15) is 0 Å². The average molecular weight is 514 g/mol. The number of hydrogen-bond donors (Lipinski definition) is 2. The molecule has 0 bridgehead atoms. The maximum atomic E-state index is 12.6. The lowest BCUT2D eigenvalue weighted by molar-refractivity contribution is 0.0673. The molecule has 1 fully saturated rings. The molecule has 1 aliphatic heterocycles. The smallest absolute Gasteiger partial charge is 0.308 e. The Morgan fingerprint density at radius 3 is 2.46 bits per heavy atom. The van der Waals surface area contributed by atoms with Crippen molar-refractivity contribution in [2.24, 2.45) is 5.92 Å². The third kappa shape index (κ3) is 5.48. The first-order chi connectivity index (χ1) is 16.9. The molecule has 0 spiro atoms. The van der Waals surface area contributed by atoms with Crippen molar-refractivity contribution in [2.75, 3.05) is 19.6 Å². The highest BCUT2D eigenvalue weighted by atomic mass is 35.5. The van der Waals surface area contributed by atoms with Gasteiger partial charge in [0.2, 0.25) is 5.89 Å². The third-order valence-electron chi connectivity index (χ3n) is 5.84. The lowest BCUT2D eigenvalue weighted by Crippen LogP contribution is -2.47. The molecule has 3 heterocycles. The van der Waals surface area contributed by atoms with Gasteiger partial charge in [-0.3, -0.25) is 15.0 Å². The summed E-state index contributed by atoms with van der Waals surface area (Å²) >= 11 is 11.9. The van der Waals surface area contributed by atoms with E-state index in [1.807, 2.05) is 5.01 Å². The first-order valence-corrected chi connectivity index (χ1v) is 11.8. The number of halogens is 2. The van der Waals surface area contributed by atoms with Crippen molar-refractivity contribution in [1.82, 2.24) is 25.9 Å². The van der Waals surface area contributed by atoms with E-state index in [0.717, 1.165) is 18.2 Å². The number of carbonyl (C=O) groups excluding carboxylic acids is 2. The Morgan fingerprint density at radius 2 is 1.69 bits per heavy atom. The Kier molecular flexibility index (Phi) is 6.72. The zero-order valence-corrected chi connectivity index (χ0v) is 20.0. The molecule has 1 saturated heterocycles. The maximum Gasteiger partial charge on any atom is 0.308 e. The van der Waals surface area contributed by atoms with Crippen LogP contribution in [0.5, 0.6) is 0 Å². The van der Waals surface area contributed by atoms with Gasteiger partial charge in [-0.05, 0) is 67.3 Å². The minimum atomic E-state index is -0.418. The van der Waals surface area contributed by atoms with Gasteiger partial charge in [-0.25, -0.2) is 5.01 Å². The second kappa shape index (κ2) is 10.1. The number of hydrogen-bond acceptors (Lipinski definition) is 7. The molecule has 4 aromatic rings. The van der Waals surface area contributed by atoms with Crippen LogP contribution in [0.3, 0.4) is 0 Å². The molecule has 0 aliphatic carbocycles. The molecular weight excluding hydrogens is 493 g/mol. The second-order valence-corrected chi connectivity index (χ2v) is 9.17. The van der Waals surface area contributed by atoms with Crippen molar-refractivity contribution in [3.05, 3.63) is 70.2 Å². The molecule has 2 N–H and O–H groups in total. The fourth-order valence-corrected chi connectivity index (χ4v) is 4.22. The van der Waals surface area contributed by atoms with Gasteiger partial charge in [0.25, 0.3) is 0 Å². The SMILES string of the molecule is O=C(NN1CCC(CNC(=O)c2nnc(-c3ccc(Cl)cc3)o2)CC1)c1cc2cc(Cl)ccc2o1. The van der Waals surface area contributed by atoms with Crippen molar-refractivity contribution >= 4 is 46.0 Å². The molecule has 2 amide bonds. The molecule has 0 radical (unpaired) electrons. The van der Waals surface area contributed by atoms with E-state index in [0.29, 0.717) is 40.8 Å². The van der Waals surface area contributed by atoms with Crippen molar-refractivity contribution in [3.8, 4) is 11.5 Å². The second-order valence-electron chi connectivity index (χ2n) is 8.29. The summed E-state index contributed by atoms with van der Waals surface area (Å²) < 4.78 is 11.1. The normalized spacial score (nSPS) is 14.8. The maximum absolute atomic E-state index is 12.6. The predicted molar refractivity (Wildman–Crippen MR) is 130 cm³/mol. The highest BCUT2D eigenvalue weighted by Gasteiger charge is 2.24. The fourth-order valence-electron chi connectivity index (χ4n) is 3.91. The van der Waals surface area contributed by atoms with Crippen LogP contribution in [0.4, 0.5) is 0 Å². The van der Waals surface area contributed by atoms with E-state index in [-0.39, 0.29) is 29.4 Å². The van der Waals surface area contributed by atoms with Crippen molar-refractivity contribution in [3.63, 3.8) is 0 Å². The number of amides is 2. The summed E-state index contributed by atoms with van der Waals surface area (Å²) in [5, 5.41) is 14.4. The summed E-state index contributed by atoms with van der Waals surface area (Å²) in [7, 11) is 0. The van der Waals surface area contributed by atoms with E-state index in [9.17, 15) is 9.59 Å². The molecule has 0 saturated carbocycles. The molecule has 2 aromatic heterocycles. The van der Waals surface area contributed by atoms with E-state index >= 15 is 0 Å². The lowest BCUT2D eigenvalue weighted by atomic mass is 9.98. The Hall–Kier alpha value is -3.40. The molecule has 0 unspecified atom stereocenters. The molecule has 11 heteroatoms. The Bertz CT molecular complexity index is 1360. The van der Waals surface area contributed by atoms with E-state index < -0.39 is 5.91 Å². The van der Waals surface area contributed by atoms with Gasteiger partial charge >= 0.3 is 17.7 Å². The van der Waals surface area contributed by atoms with Crippen LogP contribution in [-0.2, 0) is 0 Å². The van der Waals surface area contributed by atoms with Gasteiger partial charge in [0.15, 0.2) is 5.76 Å². The molecule has 2 aromatic carbocycles. The van der Waals surface area contributed by atoms with Gasteiger partial charge < -0.3 is 14.2 Å². The fraction of sp³-hybridized carbons (Fsp3) is 0.250. The molecule has 1 aliphatic rings. The number of benzene rings is 2. The number of nitrogens with zero attached hydrogens (tertiary/aromatic N) is 3. The largest absolute Gasteiger partial charge is 0.451 e. The number of hydrazine groups is 1. The van der Waals surface area contributed by atoms with E-state index in [2.05, 4.69) is 20.9 Å². The van der Waals surface area contributed by atoms with Gasteiger partial charge in [-0.1, -0.05) is 23.2 Å². The number of piperidine rings is 1. The molecule has 180 valence electrons. The Morgan fingerprint density at radius 1 is 0.943 bits per heavy atom. The highest BCUT2D eigenvalue weighted by molar-refractivity contribution is 6.31. The van der Waals surface area contributed by atoms with Gasteiger partial charge in [-0.15, -0.1) is 10.2 Å². The van der Waals surface area contributed by atoms with Crippen molar-refractivity contribution in [2.45, 2.75) is 12.8 Å². The van der Waals surface area contributed by atoms with Crippen LogP contribution < -0.4 is 10.7 Å². The highest BCUT2D eigenvalue weighted by Crippen LogP contribution is 2.24. The predicted octanol–water partition coefficient (Wildman–Crippen LogP) is 4.58. The lowest BCUT2D eigenvalue weighted by Gasteiger charge is -2.31. The summed E-state index contributed by atoms with van der Waals surface area (Å²) in [5.74, 6) is -0.0705. The number of furan rings is 1. The Balaban J connectivity index is 1.08. The van der Waals surface area contributed by atoms with Crippen LogP contribution in [0.15, 0.2) is 57.4 Å². The molecule has 9 nitrogen and oxygen atoms in total. The Labute approximate surface area is 210 Å². The van der Waals surface area contributed by atoms with Crippen LogP contribution in [0.1, 0.15) is 34.1 Å². The summed E-state index contributed by atoms with van der Waals surface area (Å²) in [4.78, 5) is 25.0. The summed E-state index contributed by atoms with van der Waals surface area (Å²) in [6.45, 7) is 1.78. The van der Waals surface area contributed by atoms with Crippen LogP contribution in [0.2, 0.25) is 10.0 Å². The molecule has 35 heavy (non-hydrogen) atoms. The number of aromatic nitrogens is 2. The van der Waals surface area contributed by atoms with Crippen LogP contribution in [0, 0.1) is 5.92 Å². The minimum absolute atomic E-state index is 0.0910. The summed E-state index contributed by atoms with van der Waals surface area (Å²) in [5.41, 5.74) is 4.17. The monoisotopic (exact) mass is 513 g/mol. The summed E-state index contributed by atoms with van der Waals surface area (Å²) in [6, 6.07) is 13.8. The van der Waals surface area contributed by atoms with Crippen molar-refractivity contribution in [1.29, 1.82) is 0 Å². The molecular formula is C24H21Cl2N5O4. The van der Waals surface area contributed by atoms with E-state index in [1.54, 1.807) is 48.5 Å². The van der Waals surface area contributed by atoms with E-state index in [1.165, 1.54) is 0 Å². The molecule has 5 rings (SSSR count). The average Bonchev–Trinajstić information content (AvgIpc) is 3.51. The summed E-state index contributed by atoms with van der Waals surface area (Å²) in [6.07, 6.45) is 1.60. The van der Waals surface area contributed by atoms with Crippen LogP contribution >= 0.6 is 23.2 Å². The van der Waals surface area contributed by atoms with Crippen molar-refractivity contribution < 1.29 is 18.4 Å². The first kappa shape index (κ1) is 23.3. The first-order valence-electron chi connectivity index (χ1n) is 11.1.